The van der Waals surface area contributed by atoms with Crippen LogP contribution in [0.4, 0.5) is 4.39 Å². The minimum Gasteiger partial charge on any atom is -0.392 e. The quantitative estimate of drug-likeness (QED) is 0.884. The predicted octanol–water partition coefficient (Wildman–Crippen LogP) is 1.98. The third-order valence-corrected chi connectivity index (χ3v) is 4.54. The van der Waals surface area contributed by atoms with Crippen molar-refractivity contribution in [2.45, 2.75) is 39.0 Å². The maximum absolute atomic E-state index is 13.7. The minimum atomic E-state index is -0.297. The summed E-state index contributed by atoms with van der Waals surface area (Å²) in [6.07, 6.45) is 0.756. The van der Waals surface area contributed by atoms with Gasteiger partial charge in [0, 0.05) is 32.2 Å². The first kappa shape index (κ1) is 16.4. The van der Waals surface area contributed by atoms with Gasteiger partial charge in [-0.15, -0.1) is 0 Å². The average molecular weight is 320 g/mol. The number of aliphatic hydroxyl groups is 1. The Labute approximate surface area is 136 Å². The summed E-state index contributed by atoms with van der Waals surface area (Å²) in [5.41, 5.74) is 1.17. The zero-order chi connectivity index (χ0) is 16.4. The lowest BCUT2D eigenvalue weighted by atomic mass is 10.1. The lowest BCUT2D eigenvalue weighted by Crippen LogP contribution is -2.54. The van der Waals surface area contributed by atoms with E-state index in [1.54, 1.807) is 6.07 Å². The standard InChI is InChI=1S/C17H25FN4O/c1-3-13-10-21(7-8-22(13)9-12(2)23)11-16-19-15-6-4-5-14(18)17(15)20-16/h4-6,12-13,23H,3,7-11H2,1-2H3,(H,19,20). The molecule has 2 unspecified atom stereocenters. The van der Waals surface area contributed by atoms with Crippen molar-refractivity contribution in [3.63, 3.8) is 0 Å². The molecule has 3 rings (SSSR count). The molecule has 2 aromatic rings. The number of halogens is 1. The van der Waals surface area contributed by atoms with Gasteiger partial charge in [-0.3, -0.25) is 9.80 Å². The molecule has 0 bridgehead atoms. The predicted molar refractivity (Wildman–Crippen MR) is 88.7 cm³/mol. The van der Waals surface area contributed by atoms with E-state index in [4.69, 9.17) is 0 Å². The van der Waals surface area contributed by atoms with Crippen LogP contribution in [0.15, 0.2) is 18.2 Å². The van der Waals surface area contributed by atoms with Gasteiger partial charge < -0.3 is 10.1 Å². The second-order valence-electron chi connectivity index (χ2n) is 6.46. The van der Waals surface area contributed by atoms with E-state index < -0.39 is 0 Å². The van der Waals surface area contributed by atoms with Crippen LogP contribution in [-0.4, -0.2) is 63.2 Å². The van der Waals surface area contributed by atoms with Crippen LogP contribution in [-0.2, 0) is 6.54 Å². The summed E-state index contributed by atoms with van der Waals surface area (Å²) in [5.74, 6) is 0.530. The molecule has 5 nitrogen and oxygen atoms in total. The van der Waals surface area contributed by atoms with Gasteiger partial charge in [0.1, 0.15) is 11.3 Å². The van der Waals surface area contributed by atoms with E-state index in [1.807, 2.05) is 13.0 Å². The van der Waals surface area contributed by atoms with Gasteiger partial charge in [-0.25, -0.2) is 9.37 Å². The van der Waals surface area contributed by atoms with Crippen molar-refractivity contribution in [2.75, 3.05) is 26.2 Å². The smallest absolute Gasteiger partial charge is 0.151 e. The molecule has 0 saturated carbocycles. The van der Waals surface area contributed by atoms with Gasteiger partial charge in [-0.1, -0.05) is 13.0 Å². The molecule has 6 heteroatoms. The number of aromatic nitrogens is 2. The van der Waals surface area contributed by atoms with Gasteiger partial charge in [0.15, 0.2) is 5.82 Å². The molecular weight excluding hydrogens is 295 g/mol. The number of fused-ring (bicyclic) bond motifs is 1. The number of hydrogen-bond donors (Lipinski definition) is 2. The lowest BCUT2D eigenvalue weighted by Gasteiger charge is -2.41. The number of nitrogens with zero attached hydrogens (tertiary/aromatic N) is 3. The van der Waals surface area contributed by atoms with Gasteiger partial charge in [0.2, 0.25) is 0 Å². The molecule has 126 valence electrons. The number of aliphatic hydroxyl groups excluding tert-OH is 1. The van der Waals surface area contributed by atoms with Gasteiger partial charge in [0.05, 0.1) is 18.2 Å². The van der Waals surface area contributed by atoms with Crippen molar-refractivity contribution in [1.29, 1.82) is 0 Å². The maximum Gasteiger partial charge on any atom is 0.151 e. The second kappa shape index (κ2) is 6.95. The third kappa shape index (κ3) is 3.71. The Morgan fingerprint density at radius 2 is 2.26 bits per heavy atom. The first-order chi connectivity index (χ1) is 11.1. The molecule has 0 amide bonds. The number of para-hydroxylation sites is 1. The molecule has 1 aliphatic heterocycles. The van der Waals surface area contributed by atoms with Crippen LogP contribution >= 0.6 is 0 Å². The van der Waals surface area contributed by atoms with E-state index >= 15 is 0 Å². The van der Waals surface area contributed by atoms with Crippen LogP contribution in [0, 0.1) is 5.82 Å². The Bertz CT molecular complexity index is 657. The maximum atomic E-state index is 13.7. The highest BCUT2D eigenvalue weighted by Crippen LogP contribution is 2.18. The number of nitrogens with one attached hydrogen (secondary N) is 1. The Balaban J connectivity index is 1.67. The molecule has 0 radical (unpaired) electrons. The average Bonchev–Trinajstić information content (AvgIpc) is 2.92. The fourth-order valence-electron chi connectivity index (χ4n) is 3.40. The summed E-state index contributed by atoms with van der Waals surface area (Å²) in [5, 5.41) is 9.62. The number of rotatable bonds is 5. The van der Waals surface area contributed by atoms with E-state index in [1.165, 1.54) is 6.07 Å². The molecule has 1 aromatic heterocycles. The Hall–Kier alpha value is -1.50. The number of benzene rings is 1. The number of hydrogen-bond acceptors (Lipinski definition) is 4. The molecule has 0 aliphatic carbocycles. The number of piperazine rings is 1. The first-order valence-electron chi connectivity index (χ1n) is 8.34. The van der Waals surface area contributed by atoms with Crippen LogP contribution in [0.2, 0.25) is 0 Å². The van der Waals surface area contributed by atoms with Crippen LogP contribution in [0.5, 0.6) is 0 Å². The summed E-state index contributed by atoms with van der Waals surface area (Å²) in [6, 6.07) is 5.43. The lowest BCUT2D eigenvalue weighted by molar-refractivity contribution is 0.0330. The number of H-pyrrole nitrogens is 1. The number of aromatic amines is 1. The second-order valence-corrected chi connectivity index (χ2v) is 6.46. The van der Waals surface area contributed by atoms with Crippen LogP contribution in [0.25, 0.3) is 11.0 Å². The number of β-amino-alcohol motifs (C(OH)–C–C–N with tert-alkyl or cyclic N) is 1. The van der Waals surface area contributed by atoms with Crippen LogP contribution in [0.1, 0.15) is 26.1 Å². The Kier molecular flexibility index (Phi) is 4.94. The van der Waals surface area contributed by atoms with Gasteiger partial charge >= 0.3 is 0 Å². The van der Waals surface area contributed by atoms with Crippen molar-refractivity contribution < 1.29 is 9.50 Å². The van der Waals surface area contributed by atoms with Crippen molar-refractivity contribution in [1.82, 2.24) is 19.8 Å². The van der Waals surface area contributed by atoms with Gasteiger partial charge in [-0.2, -0.15) is 0 Å². The van der Waals surface area contributed by atoms with E-state index in [2.05, 4.69) is 26.7 Å². The molecule has 1 aromatic carbocycles. The van der Waals surface area contributed by atoms with Crippen LogP contribution in [0.3, 0.4) is 0 Å². The highest BCUT2D eigenvalue weighted by Gasteiger charge is 2.26. The summed E-state index contributed by atoms with van der Waals surface area (Å²) in [7, 11) is 0. The molecule has 1 saturated heterocycles. The highest BCUT2D eigenvalue weighted by molar-refractivity contribution is 5.75. The van der Waals surface area contributed by atoms with Gasteiger partial charge in [-0.05, 0) is 25.5 Å². The molecule has 2 N–H and O–H groups in total. The van der Waals surface area contributed by atoms with E-state index in [9.17, 15) is 9.50 Å². The SMILES string of the molecule is CCC1CN(Cc2nc3c(F)cccc3[nH]2)CCN1CC(C)O. The zero-order valence-corrected chi connectivity index (χ0v) is 13.8. The molecule has 2 atom stereocenters. The molecule has 1 aliphatic rings. The van der Waals surface area contributed by atoms with E-state index in [-0.39, 0.29) is 11.9 Å². The molecule has 0 spiro atoms. The topological polar surface area (TPSA) is 55.4 Å². The first-order valence-corrected chi connectivity index (χ1v) is 8.34. The van der Waals surface area contributed by atoms with Crippen molar-refractivity contribution in [3.8, 4) is 0 Å². The summed E-state index contributed by atoms with van der Waals surface area (Å²) >= 11 is 0. The fourth-order valence-corrected chi connectivity index (χ4v) is 3.40. The van der Waals surface area contributed by atoms with E-state index in [0.29, 0.717) is 18.1 Å². The van der Waals surface area contributed by atoms with Crippen molar-refractivity contribution in [3.05, 3.63) is 29.8 Å². The molecule has 1 fully saturated rings. The number of imidazole rings is 1. The third-order valence-electron chi connectivity index (χ3n) is 4.54. The van der Waals surface area contributed by atoms with E-state index in [0.717, 1.165) is 43.9 Å². The largest absolute Gasteiger partial charge is 0.392 e. The summed E-state index contributed by atoms with van der Waals surface area (Å²) in [4.78, 5) is 12.3. The summed E-state index contributed by atoms with van der Waals surface area (Å²) < 4.78 is 13.7. The molecule has 2 heterocycles. The Morgan fingerprint density at radius 3 is 2.96 bits per heavy atom. The monoisotopic (exact) mass is 320 g/mol. The minimum absolute atomic E-state index is 0.279. The van der Waals surface area contributed by atoms with Crippen LogP contribution < -0.4 is 0 Å². The van der Waals surface area contributed by atoms with Crippen molar-refractivity contribution >= 4 is 11.0 Å². The zero-order valence-electron chi connectivity index (χ0n) is 13.8. The summed E-state index contributed by atoms with van der Waals surface area (Å²) in [6.45, 7) is 8.26. The molecule has 23 heavy (non-hydrogen) atoms. The highest BCUT2D eigenvalue weighted by atomic mass is 19.1. The van der Waals surface area contributed by atoms with Crippen molar-refractivity contribution in [2.24, 2.45) is 0 Å². The van der Waals surface area contributed by atoms with Gasteiger partial charge in [0.25, 0.3) is 0 Å². The fraction of sp³-hybridized carbons (Fsp3) is 0.588. The normalized spacial score (nSPS) is 21.8. The Morgan fingerprint density at radius 1 is 1.43 bits per heavy atom. The molecular formula is C17H25FN4O.